The molecule has 6 heterocycles. The van der Waals surface area contributed by atoms with Crippen LogP contribution in [0.25, 0.3) is 0 Å². The number of halogens is 10. The molecule has 6 aromatic rings. The second-order valence-electron chi connectivity index (χ2n) is 21.3. The van der Waals surface area contributed by atoms with Gasteiger partial charge in [0, 0.05) is 108 Å². The number of carbonyl (C=O) groups is 4. The third-order valence-corrected chi connectivity index (χ3v) is 18.1. The van der Waals surface area contributed by atoms with Gasteiger partial charge in [-0.25, -0.2) is 35.7 Å². The van der Waals surface area contributed by atoms with Crippen molar-refractivity contribution in [1.29, 1.82) is 0 Å². The van der Waals surface area contributed by atoms with Crippen LogP contribution < -0.4 is 30.7 Å². The van der Waals surface area contributed by atoms with Gasteiger partial charge < -0.3 is 30.7 Å². The lowest BCUT2D eigenvalue weighted by molar-refractivity contribution is -0.120. The number of hydrogen-bond donors (Lipinski definition) is 4. The highest BCUT2D eigenvalue weighted by Crippen LogP contribution is 2.50. The molecule has 4 fully saturated rings. The Kier molecular flexibility index (Phi) is 15.4. The molecule has 82 heavy (non-hydrogen) atoms. The molecule has 0 bridgehead atoms. The number of aryl methyl sites for hydroxylation is 4. The minimum atomic E-state index is -3.03. The van der Waals surface area contributed by atoms with Crippen LogP contribution in [0.2, 0.25) is 0 Å². The number of hydrogen-bond acceptors (Lipinski definition) is 16. The molecule has 440 valence electrons. The summed E-state index contributed by atoms with van der Waals surface area (Å²) in [6, 6.07) is 2.14. The molecular formula is C50H52F10N14O6S2. The third-order valence-electron chi connectivity index (χ3n) is 15.5. The van der Waals surface area contributed by atoms with Crippen molar-refractivity contribution in [3.05, 3.63) is 66.5 Å². The minimum Gasteiger partial charge on any atom is -0.415 e. The molecule has 6 aliphatic carbocycles. The normalized spacial score (nSPS) is 24.2. The quantitative estimate of drug-likeness (QED) is 0.0472. The van der Waals surface area contributed by atoms with E-state index in [1.165, 1.54) is 70.9 Å². The topological polar surface area (TPSA) is 232 Å². The van der Waals surface area contributed by atoms with Gasteiger partial charge in [0.05, 0.1) is 23.0 Å². The molecule has 32 heteroatoms. The standard InChI is InChI=1S/2C25H26F5N7O3S/c2*1-36-19(7-20(35-36)40-23(27)28)33-24-34-32-10-37(24)12-2-3-17-14(4-12)21(22(39)31-9-11-8-25(11,29)30)18(41-17)6-16(38)13-5-15(13)26/h2*7,10-13,15,23H,2-6,8-9H2,1H3,(H,31,39)(H,33,34)/t11-,12+,13+,15+;11-,12-,13-,15-/m10/s1. The zero-order chi connectivity index (χ0) is 58.1. The van der Waals surface area contributed by atoms with E-state index in [1.807, 2.05) is 0 Å². The summed E-state index contributed by atoms with van der Waals surface area (Å²) in [4.78, 5) is 54.8. The molecule has 0 radical (unpaired) electrons. The second kappa shape index (κ2) is 22.2. The van der Waals surface area contributed by atoms with Gasteiger partial charge in [-0.1, -0.05) is 0 Å². The van der Waals surface area contributed by atoms with Crippen LogP contribution in [-0.2, 0) is 62.2 Å². The van der Waals surface area contributed by atoms with Gasteiger partial charge in [0.1, 0.15) is 48.2 Å². The van der Waals surface area contributed by atoms with E-state index in [-0.39, 0.29) is 87.0 Å². The highest BCUT2D eigenvalue weighted by Gasteiger charge is 2.57. The van der Waals surface area contributed by atoms with E-state index in [1.54, 1.807) is 9.13 Å². The van der Waals surface area contributed by atoms with Gasteiger partial charge in [-0.3, -0.25) is 28.3 Å². The lowest BCUT2D eigenvalue weighted by Gasteiger charge is -2.25. The van der Waals surface area contributed by atoms with Crippen LogP contribution in [0.15, 0.2) is 24.8 Å². The Labute approximate surface area is 466 Å². The molecule has 0 spiro atoms. The third kappa shape index (κ3) is 12.3. The van der Waals surface area contributed by atoms with E-state index in [4.69, 9.17) is 0 Å². The molecule has 4 N–H and O–H groups in total. The Hall–Kier alpha value is -7.12. The fraction of sp³-hybridized carbons (Fsp3) is 0.560. The Morgan fingerprint density at radius 1 is 0.659 bits per heavy atom. The number of nitrogens with zero attached hydrogens (tertiary/aromatic N) is 10. The number of thiophene rings is 2. The first-order valence-corrected chi connectivity index (χ1v) is 27.9. The molecule has 0 aliphatic heterocycles. The van der Waals surface area contributed by atoms with Crippen LogP contribution in [0, 0.1) is 23.7 Å². The molecule has 6 aromatic heterocycles. The van der Waals surface area contributed by atoms with E-state index >= 15 is 0 Å². The molecule has 20 nitrogen and oxygen atoms in total. The van der Waals surface area contributed by atoms with Crippen LogP contribution in [0.5, 0.6) is 11.8 Å². The van der Waals surface area contributed by atoms with Crippen molar-refractivity contribution in [3.8, 4) is 11.8 Å². The fourth-order valence-corrected chi connectivity index (χ4v) is 13.2. The van der Waals surface area contributed by atoms with Gasteiger partial charge in [-0.15, -0.1) is 53.3 Å². The summed E-state index contributed by atoms with van der Waals surface area (Å²) in [6.45, 7) is -6.41. The molecule has 0 unspecified atom stereocenters. The Morgan fingerprint density at radius 3 is 1.38 bits per heavy atom. The molecule has 6 aliphatic rings. The Morgan fingerprint density at radius 2 is 1.04 bits per heavy atom. The van der Waals surface area contributed by atoms with Gasteiger partial charge in [-0.2, -0.15) is 17.6 Å². The molecule has 12 rings (SSSR count). The van der Waals surface area contributed by atoms with Crippen molar-refractivity contribution in [2.45, 2.75) is 127 Å². The highest BCUT2D eigenvalue weighted by molar-refractivity contribution is 7.13. The molecule has 8 atom stereocenters. The van der Waals surface area contributed by atoms with Crippen LogP contribution in [0.1, 0.15) is 102 Å². The number of fused-ring (bicyclic) bond motifs is 2. The first-order chi connectivity index (χ1) is 39.0. The predicted octanol–water partition coefficient (Wildman–Crippen LogP) is 8.01. The number of alkyl halides is 10. The maximum atomic E-state index is 13.6. The first kappa shape index (κ1) is 56.7. The predicted molar refractivity (Wildman–Crippen MR) is 271 cm³/mol. The number of ether oxygens (including phenoxy) is 2. The van der Waals surface area contributed by atoms with Crippen molar-refractivity contribution >= 4 is 69.6 Å². The first-order valence-electron chi connectivity index (χ1n) is 26.2. The lowest BCUT2D eigenvalue weighted by Crippen LogP contribution is -2.29. The van der Waals surface area contributed by atoms with Gasteiger partial charge in [0.15, 0.2) is 0 Å². The second-order valence-corrected chi connectivity index (χ2v) is 23.6. The number of rotatable bonds is 22. The van der Waals surface area contributed by atoms with E-state index in [2.05, 4.69) is 61.3 Å². The Balaban J connectivity index is 0.000000172. The van der Waals surface area contributed by atoms with Gasteiger partial charge in [-0.05, 0) is 62.5 Å². The maximum absolute atomic E-state index is 13.6. The number of nitrogens with one attached hydrogen (secondary N) is 4. The summed E-state index contributed by atoms with van der Waals surface area (Å²) in [5, 5.41) is 35.2. The summed E-state index contributed by atoms with van der Waals surface area (Å²) < 4.78 is 146. The molecule has 0 aromatic carbocycles. The largest absolute Gasteiger partial charge is 0.415 e. The molecule has 0 saturated heterocycles. The highest BCUT2D eigenvalue weighted by atomic mass is 32.1. The zero-order valence-electron chi connectivity index (χ0n) is 43.5. The summed E-state index contributed by atoms with van der Waals surface area (Å²) in [7, 11) is 3.08. The summed E-state index contributed by atoms with van der Waals surface area (Å²) >= 11 is 2.67. The number of Topliss-reactive ketones (excluding diaryl/α,β-unsaturated/α-hetero) is 2. The van der Waals surface area contributed by atoms with E-state index in [0.29, 0.717) is 82.9 Å². The number of anilines is 4. The number of carbonyl (C=O) groups excluding carboxylic acids is 4. The average molecular weight is 1200 g/mol. The number of aromatic nitrogens is 10. The summed E-state index contributed by atoms with van der Waals surface area (Å²) in [5.74, 6) is -9.60. The van der Waals surface area contributed by atoms with Crippen LogP contribution >= 0.6 is 22.7 Å². The lowest BCUT2D eigenvalue weighted by atomic mass is 9.90. The summed E-state index contributed by atoms with van der Waals surface area (Å²) in [6.07, 6.45) is 3.50. The molecular weight excluding hydrogens is 1150 g/mol. The minimum absolute atomic E-state index is 0.0846. The maximum Gasteiger partial charge on any atom is 0.388 e. The number of amides is 2. The SMILES string of the molecule is Cn1nc(OC(F)F)cc1Nc1nncn1[C@H]1CCc2sc(CC(=O)[C@H]3C[C@@H]3F)c(C(=O)NC[C@@H]3CC3(F)F)c2C1.Cn1nc(OC(F)F)cc1Nc1nncn1[C@H]1CCc2sc(CC(=O)[C@H]3C[C@@H]3F)c(C(=O)NC[C@H]3CC3(F)F)c2C1. The van der Waals surface area contributed by atoms with Crippen LogP contribution in [-0.4, -0.2) is 123 Å². The van der Waals surface area contributed by atoms with Crippen molar-refractivity contribution < 1.29 is 72.6 Å². The van der Waals surface area contributed by atoms with Crippen molar-refractivity contribution in [2.75, 3.05) is 23.7 Å². The smallest absolute Gasteiger partial charge is 0.388 e. The number of ketones is 2. The van der Waals surface area contributed by atoms with Gasteiger partial charge in [0.2, 0.25) is 23.7 Å². The zero-order valence-corrected chi connectivity index (χ0v) is 45.1. The summed E-state index contributed by atoms with van der Waals surface area (Å²) in [5.41, 5.74) is 2.03. The van der Waals surface area contributed by atoms with Crippen molar-refractivity contribution in [1.82, 2.24) is 59.7 Å². The fourth-order valence-electron chi connectivity index (χ4n) is 10.5. The van der Waals surface area contributed by atoms with Gasteiger partial charge >= 0.3 is 13.2 Å². The molecule has 2 amide bonds. The van der Waals surface area contributed by atoms with Crippen LogP contribution in [0.4, 0.5) is 67.4 Å². The van der Waals surface area contributed by atoms with Gasteiger partial charge in [0.25, 0.3) is 23.7 Å². The monoisotopic (exact) mass is 1200 g/mol. The molecule has 4 saturated carbocycles. The van der Waals surface area contributed by atoms with Crippen molar-refractivity contribution in [2.24, 2.45) is 37.8 Å². The average Bonchev–Trinajstić information content (AvgIpc) is 3.75. The van der Waals surface area contributed by atoms with Crippen LogP contribution in [0.3, 0.4) is 0 Å². The van der Waals surface area contributed by atoms with E-state index in [9.17, 15) is 63.1 Å². The van der Waals surface area contributed by atoms with E-state index < -0.39 is 72.9 Å². The van der Waals surface area contributed by atoms with E-state index in [0.717, 1.165) is 20.9 Å². The van der Waals surface area contributed by atoms with Crippen molar-refractivity contribution in [3.63, 3.8) is 0 Å². The Bertz CT molecular complexity index is 3190.